The second-order valence-electron chi connectivity index (χ2n) is 2.23. The monoisotopic (exact) mass is 186 g/mol. The molecule has 0 saturated carbocycles. The fourth-order valence-corrected chi connectivity index (χ4v) is 1.20. The van der Waals surface area contributed by atoms with Crippen LogP contribution in [-0.2, 0) is 14.6 Å². The Morgan fingerprint density at radius 2 is 1.83 bits per heavy atom. The molecule has 0 spiro atoms. The molecule has 12 heavy (non-hydrogen) atoms. The number of ketones is 1. The van der Waals surface area contributed by atoms with Gasteiger partial charge in [0.05, 0.1) is 12.1 Å². The first kappa shape index (κ1) is 10.6. The van der Waals surface area contributed by atoms with Crippen LogP contribution in [0.4, 0.5) is 0 Å². The summed E-state index contributed by atoms with van der Waals surface area (Å²) in [5, 5.41) is 16.4. The highest BCUT2D eigenvalue weighted by Gasteiger charge is 2.20. The zero-order valence-corrected chi connectivity index (χ0v) is 7.13. The molecule has 0 aromatic carbocycles. The second-order valence-corrected chi connectivity index (χ2v) is 4.37. The number of nitrogens with zero attached hydrogens (tertiary/aromatic N) is 2. The van der Waals surface area contributed by atoms with Gasteiger partial charge >= 0.3 is 0 Å². The molecule has 0 aliphatic heterocycles. The van der Waals surface area contributed by atoms with Crippen LogP contribution in [-0.4, -0.2) is 26.2 Å². The SMILES string of the molecule is CS(=O)(=O)CC(=O)C(C#N)C#N. The van der Waals surface area contributed by atoms with Crippen LogP contribution < -0.4 is 0 Å². The summed E-state index contributed by atoms with van der Waals surface area (Å²) in [5.74, 6) is -3.10. The van der Waals surface area contributed by atoms with Crippen molar-refractivity contribution in [3.63, 3.8) is 0 Å². The van der Waals surface area contributed by atoms with E-state index in [0.717, 1.165) is 6.26 Å². The molecule has 0 aliphatic carbocycles. The van der Waals surface area contributed by atoms with Crippen LogP contribution in [0, 0.1) is 28.6 Å². The smallest absolute Gasteiger partial charge is 0.192 e. The highest BCUT2D eigenvalue weighted by molar-refractivity contribution is 7.91. The summed E-state index contributed by atoms with van der Waals surface area (Å²) in [6, 6.07) is 2.80. The molecule has 0 aromatic heterocycles. The third-order valence-electron chi connectivity index (χ3n) is 0.985. The Morgan fingerprint density at radius 1 is 1.42 bits per heavy atom. The van der Waals surface area contributed by atoms with E-state index in [1.807, 2.05) is 0 Å². The summed E-state index contributed by atoms with van der Waals surface area (Å²) in [7, 11) is -3.44. The fraction of sp³-hybridized carbons (Fsp3) is 0.500. The topological polar surface area (TPSA) is 98.8 Å². The Labute approximate surface area is 70.1 Å². The molecular weight excluding hydrogens is 180 g/mol. The molecule has 0 bridgehead atoms. The average Bonchev–Trinajstić information content (AvgIpc) is 1.85. The molecule has 64 valence electrons. The van der Waals surface area contributed by atoms with Gasteiger partial charge in [-0.15, -0.1) is 0 Å². The number of hydrogen-bond donors (Lipinski definition) is 0. The maximum absolute atomic E-state index is 10.8. The average molecular weight is 186 g/mol. The van der Waals surface area contributed by atoms with Gasteiger partial charge in [0.1, 0.15) is 5.75 Å². The number of Topliss-reactive ketones (excluding diaryl/α,β-unsaturated/α-hetero) is 1. The second kappa shape index (κ2) is 3.84. The van der Waals surface area contributed by atoms with Gasteiger partial charge < -0.3 is 0 Å². The lowest BCUT2D eigenvalue weighted by Gasteiger charge is -1.96. The van der Waals surface area contributed by atoms with Gasteiger partial charge in [-0.05, 0) is 0 Å². The molecule has 0 aromatic rings. The van der Waals surface area contributed by atoms with Crippen molar-refractivity contribution >= 4 is 15.6 Å². The van der Waals surface area contributed by atoms with Crippen molar-refractivity contribution in [3.05, 3.63) is 0 Å². The van der Waals surface area contributed by atoms with Gasteiger partial charge in [-0.2, -0.15) is 10.5 Å². The Hall–Kier alpha value is -1.40. The van der Waals surface area contributed by atoms with Crippen LogP contribution in [0.3, 0.4) is 0 Å². The van der Waals surface area contributed by atoms with E-state index in [1.165, 1.54) is 12.1 Å². The van der Waals surface area contributed by atoms with E-state index in [0.29, 0.717) is 0 Å². The van der Waals surface area contributed by atoms with Crippen LogP contribution in [0.15, 0.2) is 0 Å². The number of hydrogen-bond acceptors (Lipinski definition) is 5. The summed E-state index contributed by atoms with van der Waals surface area (Å²) >= 11 is 0. The van der Waals surface area contributed by atoms with Crippen molar-refractivity contribution in [3.8, 4) is 12.1 Å². The molecule has 0 aliphatic rings. The zero-order valence-electron chi connectivity index (χ0n) is 6.31. The first-order chi connectivity index (χ1) is 5.40. The van der Waals surface area contributed by atoms with Crippen LogP contribution in [0.5, 0.6) is 0 Å². The number of sulfone groups is 1. The molecule has 0 unspecified atom stereocenters. The van der Waals surface area contributed by atoms with Gasteiger partial charge in [0.25, 0.3) is 0 Å². The van der Waals surface area contributed by atoms with Gasteiger partial charge in [-0.3, -0.25) is 4.79 Å². The molecule has 5 nitrogen and oxygen atoms in total. The fourth-order valence-electron chi connectivity index (χ4n) is 0.515. The highest BCUT2D eigenvalue weighted by Crippen LogP contribution is 1.97. The predicted octanol–water partition coefficient (Wildman–Crippen LogP) is -0.737. The maximum Gasteiger partial charge on any atom is 0.192 e. The van der Waals surface area contributed by atoms with Crippen molar-refractivity contribution in [1.29, 1.82) is 10.5 Å². The van der Waals surface area contributed by atoms with Crippen LogP contribution in [0.2, 0.25) is 0 Å². The largest absolute Gasteiger partial charge is 0.296 e. The minimum Gasteiger partial charge on any atom is -0.296 e. The minimum atomic E-state index is -3.44. The van der Waals surface area contributed by atoms with Crippen molar-refractivity contribution in [2.45, 2.75) is 0 Å². The Bertz CT molecular complexity index is 343. The quantitative estimate of drug-likeness (QED) is 0.578. The molecule has 0 amide bonds. The van der Waals surface area contributed by atoms with Gasteiger partial charge in [-0.25, -0.2) is 8.42 Å². The number of carbonyl (C=O) groups excluding carboxylic acids is 1. The maximum atomic E-state index is 10.8. The Kier molecular flexibility index (Phi) is 3.39. The number of nitriles is 2. The minimum absolute atomic E-state index is 0.751. The molecule has 0 heterocycles. The van der Waals surface area contributed by atoms with E-state index in [-0.39, 0.29) is 0 Å². The van der Waals surface area contributed by atoms with Gasteiger partial charge in [0, 0.05) is 6.26 Å². The van der Waals surface area contributed by atoms with Crippen molar-refractivity contribution in [1.82, 2.24) is 0 Å². The third kappa shape index (κ3) is 3.69. The lowest BCUT2D eigenvalue weighted by molar-refractivity contribution is -0.117. The lowest BCUT2D eigenvalue weighted by Crippen LogP contribution is -2.20. The predicted molar refractivity (Wildman–Crippen MR) is 39.4 cm³/mol. The normalized spacial score (nSPS) is 10.3. The van der Waals surface area contributed by atoms with Crippen LogP contribution >= 0.6 is 0 Å². The van der Waals surface area contributed by atoms with E-state index in [4.69, 9.17) is 10.5 Å². The van der Waals surface area contributed by atoms with Crippen molar-refractivity contribution in [2.75, 3.05) is 12.0 Å². The van der Waals surface area contributed by atoms with Crippen LogP contribution in [0.25, 0.3) is 0 Å². The van der Waals surface area contributed by atoms with Gasteiger partial charge in [0.2, 0.25) is 0 Å². The summed E-state index contributed by atoms with van der Waals surface area (Å²) in [6.07, 6.45) is 0.872. The Morgan fingerprint density at radius 3 is 2.08 bits per heavy atom. The summed E-state index contributed by atoms with van der Waals surface area (Å²) in [6.45, 7) is 0. The molecule has 0 radical (unpaired) electrons. The molecular formula is C6H6N2O3S. The highest BCUT2D eigenvalue weighted by atomic mass is 32.2. The van der Waals surface area contributed by atoms with E-state index in [2.05, 4.69) is 0 Å². The van der Waals surface area contributed by atoms with Gasteiger partial charge in [0.15, 0.2) is 21.5 Å². The zero-order chi connectivity index (χ0) is 9.78. The number of rotatable bonds is 3. The molecule has 0 rings (SSSR count). The Balaban J connectivity index is 4.48. The van der Waals surface area contributed by atoms with E-state index < -0.39 is 27.3 Å². The van der Waals surface area contributed by atoms with Crippen molar-refractivity contribution in [2.24, 2.45) is 5.92 Å². The van der Waals surface area contributed by atoms with E-state index in [9.17, 15) is 13.2 Å². The first-order valence-corrected chi connectivity index (χ1v) is 4.96. The van der Waals surface area contributed by atoms with Crippen molar-refractivity contribution < 1.29 is 13.2 Å². The molecule has 0 N–H and O–H groups in total. The summed E-state index contributed by atoms with van der Waals surface area (Å²) in [5.41, 5.74) is 0. The summed E-state index contributed by atoms with van der Waals surface area (Å²) < 4.78 is 21.1. The molecule has 0 fully saturated rings. The van der Waals surface area contributed by atoms with Crippen LogP contribution in [0.1, 0.15) is 0 Å². The lowest BCUT2D eigenvalue weighted by atomic mass is 10.1. The molecule has 0 atom stereocenters. The first-order valence-electron chi connectivity index (χ1n) is 2.90. The molecule has 0 saturated heterocycles. The molecule has 6 heteroatoms. The summed E-state index contributed by atoms with van der Waals surface area (Å²) in [4.78, 5) is 10.8. The van der Waals surface area contributed by atoms with E-state index in [1.54, 1.807) is 0 Å². The van der Waals surface area contributed by atoms with E-state index >= 15 is 0 Å². The standard InChI is InChI=1S/C6H6N2O3S/c1-12(10,11)4-6(9)5(2-7)3-8/h5H,4H2,1H3. The van der Waals surface area contributed by atoms with Gasteiger partial charge in [-0.1, -0.05) is 0 Å². The third-order valence-corrected chi connectivity index (χ3v) is 1.79. The number of carbonyl (C=O) groups is 1.